The van der Waals surface area contributed by atoms with Crippen molar-refractivity contribution in [3.8, 4) is 12.3 Å². The molecule has 0 radical (unpaired) electrons. The van der Waals surface area contributed by atoms with Crippen molar-refractivity contribution in [1.29, 1.82) is 0 Å². The molecule has 2 aromatic rings. The van der Waals surface area contributed by atoms with Crippen LogP contribution in [0.4, 0.5) is 5.69 Å². The number of hydrogen-bond donors (Lipinski definition) is 1. The van der Waals surface area contributed by atoms with E-state index in [4.69, 9.17) is 15.9 Å². The Balaban J connectivity index is 1.49. The molecule has 1 fully saturated rings. The van der Waals surface area contributed by atoms with Gasteiger partial charge >= 0.3 is 5.97 Å². The molecular weight excluding hydrogens is 468 g/mol. The first kappa shape index (κ1) is 28.0. The van der Waals surface area contributed by atoms with E-state index < -0.39 is 11.6 Å². The van der Waals surface area contributed by atoms with Crippen LogP contribution in [0.5, 0.6) is 0 Å². The number of amides is 1. The van der Waals surface area contributed by atoms with Crippen molar-refractivity contribution in [2.75, 3.05) is 44.4 Å². The van der Waals surface area contributed by atoms with E-state index in [2.05, 4.69) is 17.4 Å². The van der Waals surface area contributed by atoms with E-state index in [1.54, 1.807) is 0 Å². The fourth-order valence-corrected chi connectivity index (χ4v) is 4.37. The first-order valence-electron chi connectivity index (χ1n) is 12.5. The topological polar surface area (TPSA) is 79.3 Å². The molecule has 0 aliphatic carbocycles. The zero-order valence-corrected chi connectivity index (χ0v) is 21.7. The largest absolute Gasteiger partial charge is 0.463 e. The lowest BCUT2D eigenvalue weighted by molar-refractivity contribution is -0.147. The zero-order chi connectivity index (χ0) is 26.8. The molecule has 1 aliphatic rings. The molecular formula is C30H36N2O5. The molecule has 0 saturated carbocycles. The molecule has 7 nitrogen and oxygen atoms in total. The quantitative estimate of drug-likeness (QED) is 0.218. The Kier molecular flexibility index (Phi) is 9.90. The molecule has 1 N–H and O–H groups in total. The summed E-state index contributed by atoms with van der Waals surface area (Å²) in [5, 5.41) is 11.1. The number of carbonyl (C=O) groups is 2. The van der Waals surface area contributed by atoms with Crippen molar-refractivity contribution in [1.82, 2.24) is 4.90 Å². The van der Waals surface area contributed by atoms with E-state index in [1.165, 1.54) is 0 Å². The van der Waals surface area contributed by atoms with Gasteiger partial charge in [-0.25, -0.2) is 0 Å². The van der Waals surface area contributed by atoms with Gasteiger partial charge in [-0.05, 0) is 26.0 Å². The van der Waals surface area contributed by atoms with Crippen molar-refractivity contribution in [3.63, 3.8) is 0 Å². The van der Waals surface area contributed by atoms with Gasteiger partial charge in [0.1, 0.15) is 6.61 Å². The lowest BCUT2D eigenvalue weighted by Gasteiger charge is -2.41. The summed E-state index contributed by atoms with van der Waals surface area (Å²) < 4.78 is 10.4. The summed E-state index contributed by atoms with van der Waals surface area (Å²) in [6.45, 7) is 10.4. The van der Waals surface area contributed by atoms with Crippen LogP contribution in [0.25, 0.3) is 0 Å². The number of carbonyl (C=O) groups excluding carboxylic acids is 2. The Hall–Kier alpha value is -3.60. The van der Waals surface area contributed by atoms with Crippen molar-refractivity contribution in [2.45, 2.75) is 38.3 Å². The summed E-state index contributed by atoms with van der Waals surface area (Å²) in [6, 6.07) is 16.8. The second-order valence-corrected chi connectivity index (χ2v) is 9.38. The summed E-state index contributed by atoms with van der Waals surface area (Å²) >= 11 is 0. The predicted octanol–water partition coefficient (Wildman–Crippen LogP) is 3.51. The molecule has 0 spiro atoms. The number of terminal acetylenes is 1. The van der Waals surface area contributed by atoms with Crippen molar-refractivity contribution < 1.29 is 24.2 Å². The lowest BCUT2D eigenvalue weighted by atomic mass is 9.87. The second-order valence-electron chi connectivity index (χ2n) is 9.38. The molecule has 2 unspecified atom stereocenters. The van der Waals surface area contributed by atoms with E-state index in [1.807, 2.05) is 73.3 Å². The number of hydrogen-bond acceptors (Lipinski definition) is 6. The van der Waals surface area contributed by atoms with Crippen molar-refractivity contribution in [2.24, 2.45) is 0 Å². The van der Waals surface area contributed by atoms with E-state index in [9.17, 15) is 14.7 Å². The molecule has 3 rings (SSSR count). The van der Waals surface area contributed by atoms with Gasteiger partial charge in [0.15, 0.2) is 5.60 Å². The van der Waals surface area contributed by atoms with Crippen LogP contribution >= 0.6 is 0 Å². The van der Waals surface area contributed by atoms with Crippen LogP contribution in [0.2, 0.25) is 0 Å². The van der Waals surface area contributed by atoms with Crippen LogP contribution < -0.4 is 4.90 Å². The van der Waals surface area contributed by atoms with Gasteiger partial charge in [0.25, 0.3) is 0 Å². The van der Waals surface area contributed by atoms with Crippen LogP contribution in [0.3, 0.4) is 0 Å². The number of anilines is 1. The highest BCUT2D eigenvalue weighted by molar-refractivity contribution is 5.81. The molecule has 1 aliphatic heterocycles. The number of benzene rings is 2. The molecule has 1 amide bonds. The normalized spacial score (nSPS) is 17.0. The Labute approximate surface area is 219 Å². The maximum absolute atomic E-state index is 12.7. The van der Waals surface area contributed by atoms with Gasteiger partial charge in [0, 0.05) is 48.9 Å². The summed E-state index contributed by atoms with van der Waals surface area (Å²) in [5.74, 6) is 2.07. The molecule has 1 heterocycles. The number of esters is 1. The van der Waals surface area contributed by atoms with Gasteiger partial charge in [-0.1, -0.05) is 60.5 Å². The van der Waals surface area contributed by atoms with E-state index in [0.29, 0.717) is 44.0 Å². The number of ether oxygens (including phenoxy) is 2. The molecule has 1 saturated heterocycles. The third kappa shape index (κ3) is 7.45. The summed E-state index contributed by atoms with van der Waals surface area (Å²) in [6.07, 6.45) is 5.89. The van der Waals surface area contributed by atoms with E-state index in [-0.39, 0.29) is 31.4 Å². The van der Waals surface area contributed by atoms with Crippen molar-refractivity contribution >= 4 is 17.6 Å². The maximum Gasteiger partial charge on any atom is 0.306 e. The Morgan fingerprint density at radius 2 is 1.76 bits per heavy atom. The summed E-state index contributed by atoms with van der Waals surface area (Å²) in [7, 11) is 0. The minimum atomic E-state index is -1.50. The second kappa shape index (κ2) is 13.1. The third-order valence-corrected chi connectivity index (χ3v) is 6.38. The molecule has 7 heteroatoms. The summed E-state index contributed by atoms with van der Waals surface area (Å²) in [4.78, 5) is 28.7. The first-order chi connectivity index (χ1) is 17.7. The van der Waals surface area contributed by atoms with Gasteiger partial charge < -0.3 is 24.4 Å². The number of rotatable bonds is 11. The van der Waals surface area contributed by atoms with E-state index >= 15 is 0 Å². The first-order valence-corrected chi connectivity index (χ1v) is 12.5. The van der Waals surface area contributed by atoms with Crippen LogP contribution in [0.1, 0.15) is 37.8 Å². The molecule has 196 valence electrons. The minimum absolute atomic E-state index is 0.0144. The minimum Gasteiger partial charge on any atom is -0.463 e. The molecule has 2 atom stereocenters. The van der Waals surface area contributed by atoms with Gasteiger partial charge in [0.2, 0.25) is 5.91 Å². The molecule has 0 aromatic heterocycles. The number of nitrogens with zero attached hydrogens (tertiary/aromatic N) is 2. The van der Waals surface area contributed by atoms with E-state index in [0.717, 1.165) is 11.3 Å². The molecule has 2 aromatic carbocycles. The highest BCUT2D eigenvalue weighted by atomic mass is 16.6. The maximum atomic E-state index is 12.7. The highest BCUT2D eigenvalue weighted by Crippen LogP contribution is 2.31. The monoisotopic (exact) mass is 504 g/mol. The lowest BCUT2D eigenvalue weighted by Crippen LogP contribution is -2.54. The molecule has 0 bridgehead atoms. The average molecular weight is 505 g/mol. The van der Waals surface area contributed by atoms with Crippen LogP contribution in [-0.4, -0.2) is 67.4 Å². The zero-order valence-electron chi connectivity index (χ0n) is 21.7. The number of piperazine rings is 1. The van der Waals surface area contributed by atoms with Gasteiger partial charge in [0.05, 0.1) is 19.6 Å². The van der Waals surface area contributed by atoms with Crippen LogP contribution in [0, 0.1) is 12.3 Å². The van der Waals surface area contributed by atoms with Crippen molar-refractivity contribution in [3.05, 3.63) is 77.9 Å². The fourth-order valence-electron chi connectivity index (χ4n) is 4.37. The van der Waals surface area contributed by atoms with Crippen LogP contribution in [-0.2, 0) is 24.7 Å². The average Bonchev–Trinajstić information content (AvgIpc) is 2.91. The smallest absolute Gasteiger partial charge is 0.306 e. The Morgan fingerprint density at radius 1 is 1.08 bits per heavy atom. The highest BCUT2D eigenvalue weighted by Gasteiger charge is 2.30. The Bertz CT molecular complexity index is 1110. The predicted molar refractivity (Wildman–Crippen MR) is 144 cm³/mol. The molecule has 37 heavy (non-hydrogen) atoms. The summed E-state index contributed by atoms with van der Waals surface area (Å²) in [5.41, 5.74) is 1.67. The van der Waals surface area contributed by atoms with Crippen LogP contribution in [0.15, 0.2) is 66.7 Å². The number of aliphatic hydroxyl groups is 1. The Morgan fingerprint density at radius 3 is 2.38 bits per heavy atom. The van der Waals surface area contributed by atoms with Gasteiger partial charge in [-0.2, -0.15) is 0 Å². The van der Waals surface area contributed by atoms with Gasteiger partial charge in [-0.15, -0.1) is 6.42 Å². The fraction of sp³-hybridized carbons (Fsp3) is 0.400. The van der Waals surface area contributed by atoms with Gasteiger partial charge in [-0.3, -0.25) is 9.59 Å². The standard InChI is InChI=1S/C30H36N2O5/c1-5-30(35,25-9-7-6-8-10-25)26-11-13-27(14-12-26)31-17-18-32(24(4)21-31)28(33)15-16-29(34)37-20-19-36-22-23(2)3/h1,6-14,24,35H,2,15-22H2,3-4H3. The third-order valence-electron chi connectivity index (χ3n) is 6.38. The SMILES string of the molecule is C#CC(O)(c1ccccc1)c1ccc(N2CCN(C(=O)CCC(=O)OCCOCC(=C)C)C(C)C2)cc1.